The summed E-state index contributed by atoms with van der Waals surface area (Å²) >= 11 is 0. The number of aliphatic hydroxyl groups excluding tert-OH is 3. The van der Waals surface area contributed by atoms with Crippen molar-refractivity contribution in [2.24, 2.45) is 5.92 Å². The van der Waals surface area contributed by atoms with Gasteiger partial charge in [-0.05, 0) is 51.9 Å². The number of hydrogen-bond acceptors (Lipinski definition) is 7. The van der Waals surface area contributed by atoms with E-state index in [1.807, 2.05) is 0 Å². The molecule has 246 valence electrons. The van der Waals surface area contributed by atoms with Crippen molar-refractivity contribution in [2.75, 3.05) is 0 Å². The van der Waals surface area contributed by atoms with Gasteiger partial charge in [-0.1, -0.05) is 110 Å². The molecule has 7 nitrogen and oxygen atoms in total. The molecule has 9 atom stereocenters. The SMILES string of the molecule is CCCCCCCCCCC(O)C1CCC(C2CCC(C(O)CCCCCCCCCCC3C(=O)OC(C)C3O)O2)O1. The summed E-state index contributed by atoms with van der Waals surface area (Å²) in [5.74, 6) is -0.578. The Kier molecular flexibility index (Phi) is 17.3. The summed E-state index contributed by atoms with van der Waals surface area (Å²) < 4.78 is 17.7. The Bertz CT molecular complexity index is 717. The lowest BCUT2D eigenvalue weighted by Crippen LogP contribution is -2.33. The molecule has 0 bridgehead atoms. The second-order valence-corrected chi connectivity index (χ2v) is 13.6. The molecule has 3 heterocycles. The number of ether oxygens (including phenoxy) is 3. The van der Waals surface area contributed by atoms with Crippen molar-refractivity contribution in [1.29, 1.82) is 0 Å². The highest BCUT2D eigenvalue weighted by Gasteiger charge is 2.41. The van der Waals surface area contributed by atoms with Gasteiger partial charge in [0.15, 0.2) is 0 Å². The summed E-state index contributed by atoms with van der Waals surface area (Å²) in [6.45, 7) is 4.01. The van der Waals surface area contributed by atoms with E-state index in [-0.39, 0.29) is 48.5 Å². The van der Waals surface area contributed by atoms with Crippen molar-refractivity contribution in [1.82, 2.24) is 0 Å². The number of cyclic esters (lactones) is 1. The first kappa shape index (κ1) is 35.7. The van der Waals surface area contributed by atoms with E-state index in [9.17, 15) is 20.1 Å². The van der Waals surface area contributed by atoms with Crippen molar-refractivity contribution in [2.45, 2.75) is 210 Å². The summed E-state index contributed by atoms with van der Waals surface area (Å²) in [5.41, 5.74) is 0. The molecular formula is C35H64O7. The van der Waals surface area contributed by atoms with E-state index in [1.54, 1.807) is 6.92 Å². The second kappa shape index (κ2) is 20.3. The first-order valence-electron chi connectivity index (χ1n) is 18.0. The second-order valence-electron chi connectivity index (χ2n) is 13.6. The van der Waals surface area contributed by atoms with Crippen LogP contribution in [0.4, 0.5) is 0 Å². The highest BCUT2D eigenvalue weighted by molar-refractivity contribution is 5.75. The number of rotatable bonds is 23. The number of hydrogen-bond donors (Lipinski definition) is 3. The van der Waals surface area contributed by atoms with Gasteiger partial charge < -0.3 is 29.5 Å². The maximum atomic E-state index is 11.8. The fourth-order valence-corrected chi connectivity index (χ4v) is 7.22. The Hall–Kier alpha value is -0.730. The molecule has 0 spiro atoms. The minimum atomic E-state index is -0.648. The molecule has 3 rings (SSSR count). The van der Waals surface area contributed by atoms with E-state index in [4.69, 9.17) is 14.2 Å². The van der Waals surface area contributed by atoms with Crippen LogP contribution in [0.5, 0.6) is 0 Å². The van der Waals surface area contributed by atoms with Gasteiger partial charge in [-0.15, -0.1) is 0 Å². The average molecular weight is 597 g/mol. The molecule has 3 fully saturated rings. The maximum Gasteiger partial charge on any atom is 0.312 e. The lowest BCUT2D eigenvalue weighted by Gasteiger charge is -2.24. The molecule has 3 aliphatic rings. The predicted molar refractivity (Wildman–Crippen MR) is 166 cm³/mol. The first-order chi connectivity index (χ1) is 20.4. The van der Waals surface area contributed by atoms with E-state index >= 15 is 0 Å². The third-order valence-corrected chi connectivity index (χ3v) is 10.1. The van der Waals surface area contributed by atoms with Crippen LogP contribution in [0, 0.1) is 5.92 Å². The molecule has 42 heavy (non-hydrogen) atoms. The lowest BCUT2D eigenvalue weighted by atomic mass is 9.95. The monoisotopic (exact) mass is 596 g/mol. The molecule has 7 heteroatoms. The lowest BCUT2D eigenvalue weighted by molar-refractivity contribution is -0.143. The van der Waals surface area contributed by atoms with E-state index in [1.165, 1.54) is 64.2 Å². The zero-order valence-corrected chi connectivity index (χ0v) is 26.9. The number of carbonyl (C=O) groups is 1. The van der Waals surface area contributed by atoms with Crippen LogP contribution in [-0.4, -0.2) is 70.1 Å². The number of esters is 1. The predicted octanol–water partition coefficient (Wildman–Crippen LogP) is 7.16. The summed E-state index contributed by atoms with van der Waals surface area (Å²) in [4.78, 5) is 11.8. The van der Waals surface area contributed by atoms with Crippen molar-refractivity contribution < 1.29 is 34.3 Å². The van der Waals surface area contributed by atoms with E-state index in [0.29, 0.717) is 0 Å². The smallest absolute Gasteiger partial charge is 0.312 e. The fourth-order valence-electron chi connectivity index (χ4n) is 7.22. The van der Waals surface area contributed by atoms with Gasteiger partial charge in [-0.2, -0.15) is 0 Å². The van der Waals surface area contributed by atoms with Gasteiger partial charge in [0.05, 0.1) is 42.5 Å². The normalized spacial score (nSPS) is 31.1. The molecule has 0 aromatic heterocycles. The molecule has 0 aliphatic carbocycles. The summed E-state index contributed by atoms with van der Waals surface area (Å²) in [6.07, 6.45) is 23.4. The maximum absolute atomic E-state index is 11.8. The van der Waals surface area contributed by atoms with Crippen LogP contribution >= 0.6 is 0 Å². The Balaban J connectivity index is 1.14. The molecule has 0 amide bonds. The van der Waals surface area contributed by atoms with Gasteiger partial charge in [-0.25, -0.2) is 0 Å². The number of aliphatic hydroxyl groups is 3. The van der Waals surface area contributed by atoms with Crippen LogP contribution in [0.3, 0.4) is 0 Å². The minimum absolute atomic E-state index is 0.0518. The molecule has 0 saturated carbocycles. The van der Waals surface area contributed by atoms with Gasteiger partial charge >= 0.3 is 5.97 Å². The van der Waals surface area contributed by atoms with Gasteiger partial charge in [0.1, 0.15) is 12.2 Å². The zero-order valence-electron chi connectivity index (χ0n) is 26.9. The zero-order chi connectivity index (χ0) is 30.2. The van der Waals surface area contributed by atoms with Gasteiger partial charge in [0, 0.05) is 0 Å². The highest BCUT2D eigenvalue weighted by Crippen LogP contribution is 2.35. The molecule has 0 aromatic rings. The number of unbranched alkanes of at least 4 members (excludes halogenated alkanes) is 14. The molecule has 0 radical (unpaired) electrons. The molecule has 3 N–H and O–H groups in total. The Labute approximate surface area is 256 Å². The Morgan fingerprint density at radius 2 is 1.10 bits per heavy atom. The quantitative estimate of drug-likeness (QED) is 0.0849. The Morgan fingerprint density at radius 1 is 0.667 bits per heavy atom. The number of carbonyl (C=O) groups excluding carboxylic acids is 1. The van der Waals surface area contributed by atoms with E-state index in [2.05, 4.69) is 6.92 Å². The summed E-state index contributed by atoms with van der Waals surface area (Å²) in [6, 6.07) is 0. The van der Waals surface area contributed by atoms with Crippen molar-refractivity contribution in [3.8, 4) is 0 Å². The van der Waals surface area contributed by atoms with Crippen LogP contribution in [0.1, 0.15) is 162 Å². The third kappa shape index (κ3) is 12.3. The summed E-state index contributed by atoms with van der Waals surface area (Å²) in [7, 11) is 0. The van der Waals surface area contributed by atoms with Crippen LogP contribution in [0.15, 0.2) is 0 Å². The van der Waals surface area contributed by atoms with Crippen molar-refractivity contribution in [3.05, 3.63) is 0 Å². The molecule has 3 aliphatic heterocycles. The van der Waals surface area contributed by atoms with Crippen molar-refractivity contribution >= 4 is 5.97 Å². The van der Waals surface area contributed by atoms with Crippen LogP contribution in [-0.2, 0) is 19.0 Å². The first-order valence-corrected chi connectivity index (χ1v) is 18.0. The highest BCUT2D eigenvalue weighted by atomic mass is 16.6. The topological polar surface area (TPSA) is 105 Å². The molecule has 3 saturated heterocycles. The molecule has 0 aromatic carbocycles. The fraction of sp³-hybridized carbons (Fsp3) is 0.971. The Morgan fingerprint density at radius 3 is 1.52 bits per heavy atom. The van der Waals surface area contributed by atoms with Gasteiger partial charge in [0.25, 0.3) is 0 Å². The van der Waals surface area contributed by atoms with Crippen LogP contribution < -0.4 is 0 Å². The molecular weight excluding hydrogens is 532 g/mol. The van der Waals surface area contributed by atoms with Crippen LogP contribution in [0.25, 0.3) is 0 Å². The van der Waals surface area contributed by atoms with Crippen LogP contribution in [0.2, 0.25) is 0 Å². The average Bonchev–Trinajstić information content (AvgIpc) is 3.72. The van der Waals surface area contributed by atoms with Gasteiger partial charge in [-0.3, -0.25) is 4.79 Å². The molecule has 9 unspecified atom stereocenters. The largest absolute Gasteiger partial charge is 0.460 e. The van der Waals surface area contributed by atoms with E-state index in [0.717, 1.165) is 83.5 Å². The van der Waals surface area contributed by atoms with Gasteiger partial charge in [0.2, 0.25) is 0 Å². The minimum Gasteiger partial charge on any atom is -0.460 e. The van der Waals surface area contributed by atoms with Crippen molar-refractivity contribution in [3.63, 3.8) is 0 Å². The standard InChI is InChI=1S/C35H64O7/c1-3-4-5-6-7-11-14-17-20-28(36)30-22-24-32(41-30)33-25-23-31(42-33)29(37)21-18-15-12-9-8-10-13-16-19-27-34(38)26(2)40-35(27)39/h26-34,36-38H,3-25H2,1-2H3. The summed E-state index contributed by atoms with van der Waals surface area (Å²) in [5, 5.41) is 31.4. The third-order valence-electron chi connectivity index (χ3n) is 10.1. The van der Waals surface area contributed by atoms with E-state index < -0.39 is 12.2 Å².